The minimum absolute atomic E-state index is 0.0785. The van der Waals surface area contributed by atoms with Crippen molar-refractivity contribution in [3.63, 3.8) is 0 Å². The molecule has 2 N–H and O–H groups in total. The zero-order valence-corrected chi connectivity index (χ0v) is 17.8. The Bertz CT molecular complexity index is 1120. The molecule has 9 heteroatoms. The fourth-order valence-electron chi connectivity index (χ4n) is 2.73. The standard InChI is InChI=1S/C21H17Cl2FN2O3S/c22-17-7-4-8-18(23)20(17)25-21(27)19(13-14-5-2-1-3-6-14)26-30(28,29)16-11-9-15(24)10-12-16/h1-12,19,26H,13H2,(H,25,27). The number of hydrogen-bond donors (Lipinski definition) is 2. The monoisotopic (exact) mass is 466 g/mol. The highest BCUT2D eigenvalue weighted by Gasteiger charge is 2.27. The lowest BCUT2D eigenvalue weighted by Gasteiger charge is -2.19. The fraction of sp³-hybridized carbons (Fsp3) is 0.0952. The van der Waals surface area contributed by atoms with E-state index in [-0.39, 0.29) is 27.0 Å². The predicted molar refractivity (Wildman–Crippen MR) is 116 cm³/mol. The summed E-state index contributed by atoms with van der Waals surface area (Å²) in [5.74, 6) is -1.21. The van der Waals surface area contributed by atoms with Crippen LogP contribution in [0.3, 0.4) is 0 Å². The van der Waals surface area contributed by atoms with E-state index in [9.17, 15) is 17.6 Å². The van der Waals surface area contributed by atoms with Crippen molar-refractivity contribution in [3.8, 4) is 0 Å². The second-order valence-electron chi connectivity index (χ2n) is 6.40. The van der Waals surface area contributed by atoms with E-state index in [1.807, 2.05) is 6.07 Å². The van der Waals surface area contributed by atoms with Crippen LogP contribution in [0.25, 0.3) is 0 Å². The number of hydrogen-bond acceptors (Lipinski definition) is 3. The quantitative estimate of drug-likeness (QED) is 0.531. The molecule has 0 spiro atoms. The lowest BCUT2D eigenvalue weighted by Crippen LogP contribution is -2.45. The molecule has 0 aliphatic heterocycles. The molecule has 1 atom stereocenters. The third-order valence-electron chi connectivity index (χ3n) is 4.23. The number of anilines is 1. The van der Waals surface area contributed by atoms with E-state index < -0.39 is 27.8 Å². The number of sulfonamides is 1. The molecule has 0 aliphatic rings. The van der Waals surface area contributed by atoms with Crippen molar-refractivity contribution in [2.24, 2.45) is 0 Å². The first-order valence-corrected chi connectivity index (χ1v) is 11.1. The fourth-order valence-corrected chi connectivity index (χ4v) is 4.42. The van der Waals surface area contributed by atoms with Gasteiger partial charge in [0, 0.05) is 0 Å². The number of carbonyl (C=O) groups is 1. The van der Waals surface area contributed by atoms with Crippen LogP contribution in [0.5, 0.6) is 0 Å². The summed E-state index contributed by atoms with van der Waals surface area (Å²) >= 11 is 12.2. The van der Waals surface area contributed by atoms with E-state index in [2.05, 4.69) is 10.0 Å². The smallest absolute Gasteiger partial charge is 0.242 e. The summed E-state index contributed by atoms with van der Waals surface area (Å²) in [7, 11) is -4.10. The van der Waals surface area contributed by atoms with Crippen molar-refractivity contribution in [1.29, 1.82) is 0 Å². The van der Waals surface area contributed by atoms with Crippen molar-refractivity contribution < 1.29 is 17.6 Å². The number of nitrogens with one attached hydrogen (secondary N) is 2. The molecular weight excluding hydrogens is 450 g/mol. The van der Waals surface area contributed by atoms with Crippen LogP contribution in [0.15, 0.2) is 77.7 Å². The van der Waals surface area contributed by atoms with Crippen molar-refractivity contribution >= 4 is 44.8 Å². The summed E-state index contributed by atoms with van der Waals surface area (Å²) in [6, 6.07) is 16.8. The molecule has 156 valence electrons. The van der Waals surface area contributed by atoms with Gasteiger partial charge in [-0.2, -0.15) is 4.72 Å². The molecule has 0 radical (unpaired) electrons. The Labute approximate surface area is 183 Å². The van der Waals surface area contributed by atoms with Crippen molar-refractivity contribution in [1.82, 2.24) is 4.72 Å². The van der Waals surface area contributed by atoms with Crippen molar-refractivity contribution in [2.75, 3.05) is 5.32 Å². The van der Waals surface area contributed by atoms with Gasteiger partial charge in [0.15, 0.2) is 0 Å². The number of para-hydroxylation sites is 1. The number of carbonyl (C=O) groups excluding carboxylic acids is 1. The summed E-state index contributed by atoms with van der Waals surface area (Å²) in [4.78, 5) is 12.8. The Morgan fingerprint density at radius 3 is 2.10 bits per heavy atom. The Morgan fingerprint density at radius 2 is 1.50 bits per heavy atom. The molecule has 0 aromatic heterocycles. The van der Waals surface area contributed by atoms with Crippen molar-refractivity contribution in [3.05, 3.63) is 94.2 Å². The van der Waals surface area contributed by atoms with Crippen molar-refractivity contribution in [2.45, 2.75) is 17.4 Å². The SMILES string of the molecule is O=C(Nc1c(Cl)cccc1Cl)C(Cc1ccccc1)NS(=O)(=O)c1ccc(F)cc1. The van der Waals surface area contributed by atoms with Crippen LogP contribution in [0.2, 0.25) is 10.0 Å². The highest BCUT2D eigenvalue weighted by Crippen LogP contribution is 2.30. The number of halogens is 3. The summed E-state index contributed by atoms with van der Waals surface area (Å²) in [5.41, 5.74) is 0.926. The van der Waals surface area contributed by atoms with E-state index in [1.54, 1.807) is 42.5 Å². The minimum Gasteiger partial charge on any atom is -0.322 e. The molecule has 0 heterocycles. The van der Waals surface area contributed by atoms with Crippen LogP contribution in [0.1, 0.15) is 5.56 Å². The number of rotatable bonds is 7. The van der Waals surface area contributed by atoms with Crippen LogP contribution in [0.4, 0.5) is 10.1 Å². The number of benzene rings is 3. The van der Waals surface area contributed by atoms with Gasteiger partial charge < -0.3 is 5.32 Å². The van der Waals surface area contributed by atoms with Gasteiger partial charge in [0.1, 0.15) is 11.9 Å². The van der Waals surface area contributed by atoms with Crippen LogP contribution in [-0.2, 0) is 21.2 Å². The van der Waals surface area contributed by atoms with Crippen LogP contribution < -0.4 is 10.0 Å². The molecule has 5 nitrogen and oxygen atoms in total. The van der Waals surface area contributed by atoms with Crippen LogP contribution in [0, 0.1) is 5.82 Å². The van der Waals surface area contributed by atoms with E-state index in [1.165, 1.54) is 0 Å². The molecule has 1 unspecified atom stereocenters. The van der Waals surface area contributed by atoms with Gasteiger partial charge in [-0.1, -0.05) is 59.6 Å². The second kappa shape index (κ2) is 9.57. The molecule has 3 aromatic rings. The molecular formula is C21H17Cl2FN2O3S. The Balaban J connectivity index is 1.90. The Kier molecular flexibility index (Phi) is 7.10. The van der Waals surface area contributed by atoms with Gasteiger partial charge in [-0.15, -0.1) is 0 Å². The van der Waals surface area contributed by atoms with E-state index in [0.29, 0.717) is 0 Å². The topological polar surface area (TPSA) is 75.3 Å². The van der Waals surface area contributed by atoms with Gasteiger partial charge >= 0.3 is 0 Å². The van der Waals surface area contributed by atoms with Gasteiger partial charge in [0.25, 0.3) is 0 Å². The molecule has 3 aromatic carbocycles. The van der Waals surface area contributed by atoms with Gasteiger partial charge in [-0.05, 0) is 48.4 Å². The molecule has 3 rings (SSSR count). The Hall–Kier alpha value is -2.45. The molecule has 0 aliphatic carbocycles. The zero-order valence-electron chi connectivity index (χ0n) is 15.5. The average molecular weight is 467 g/mol. The third kappa shape index (κ3) is 5.58. The van der Waals surface area contributed by atoms with E-state index in [4.69, 9.17) is 23.2 Å². The first kappa shape index (κ1) is 22.2. The predicted octanol–water partition coefficient (Wildman–Crippen LogP) is 4.66. The summed E-state index contributed by atoms with van der Waals surface area (Å²) in [6.07, 6.45) is 0.0785. The highest BCUT2D eigenvalue weighted by molar-refractivity contribution is 7.89. The summed E-state index contributed by atoms with van der Waals surface area (Å²) in [5, 5.41) is 3.03. The van der Waals surface area contributed by atoms with Gasteiger partial charge in [0.05, 0.1) is 20.6 Å². The maximum Gasteiger partial charge on any atom is 0.242 e. The largest absolute Gasteiger partial charge is 0.322 e. The zero-order chi connectivity index (χ0) is 21.7. The molecule has 1 amide bonds. The molecule has 30 heavy (non-hydrogen) atoms. The van der Waals surface area contributed by atoms with Crippen LogP contribution >= 0.6 is 23.2 Å². The Morgan fingerprint density at radius 1 is 0.900 bits per heavy atom. The molecule has 0 saturated heterocycles. The maximum absolute atomic E-state index is 13.2. The third-order valence-corrected chi connectivity index (χ3v) is 6.35. The summed E-state index contributed by atoms with van der Waals surface area (Å²) in [6.45, 7) is 0. The average Bonchev–Trinajstić information content (AvgIpc) is 2.71. The molecule has 0 saturated carbocycles. The number of amides is 1. The molecule has 0 bridgehead atoms. The highest BCUT2D eigenvalue weighted by atomic mass is 35.5. The first-order chi connectivity index (χ1) is 14.3. The van der Waals surface area contributed by atoms with Crippen LogP contribution in [-0.4, -0.2) is 20.4 Å². The lowest BCUT2D eigenvalue weighted by atomic mass is 10.1. The minimum atomic E-state index is -4.10. The van der Waals surface area contributed by atoms with E-state index in [0.717, 1.165) is 29.8 Å². The lowest BCUT2D eigenvalue weighted by molar-refractivity contribution is -0.117. The summed E-state index contributed by atoms with van der Waals surface area (Å²) < 4.78 is 41.1. The first-order valence-electron chi connectivity index (χ1n) is 8.83. The van der Waals surface area contributed by atoms with E-state index >= 15 is 0 Å². The van der Waals surface area contributed by atoms with Gasteiger partial charge in [-0.3, -0.25) is 4.79 Å². The van der Waals surface area contributed by atoms with Gasteiger partial charge in [-0.25, -0.2) is 12.8 Å². The normalized spacial score (nSPS) is 12.4. The maximum atomic E-state index is 13.2. The molecule has 0 fully saturated rings. The van der Waals surface area contributed by atoms with Gasteiger partial charge in [0.2, 0.25) is 15.9 Å². The second-order valence-corrected chi connectivity index (χ2v) is 8.93.